The van der Waals surface area contributed by atoms with Crippen LogP contribution in [0.25, 0.3) is 0 Å². The van der Waals surface area contributed by atoms with E-state index >= 15 is 0 Å². The summed E-state index contributed by atoms with van der Waals surface area (Å²) >= 11 is 0. The summed E-state index contributed by atoms with van der Waals surface area (Å²) in [5, 5.41) is 3.89. The topological polar surface area (TPSA) is 21.3 Å². The van der Waals surface area contributed by atoms with E-state index in [1.54, 1.807) is 0 Å². The molecule has 0 aliphatic heterocycles. The lowest BCUT2D eigenvalue weighted by Gasteiger charge is -2.42. The van der Waals surface area contributed by atoms with Crippen molar-refractivity contribution in [2.45, 2.75) is 103 Å². The molecule has 2 heteroatoms. The van der Waals surface area contributed by atoms with Crippen molar-refractivity contribution < 1.29 is 4.74 Å². The van der Waals surface area contributed by atoms with Gasteiger partial charge >= 0.3 is 0 Å². The van der Waals surface area contributed by atoms with Crippen LogP contribution < -0.4 is 5.32 Å². The lowest BCUT2D eigenvalue weighted by molar-refractivity contribution is -0.0814. The van der Waals surface area contributed by atoms with Crippen molar-refractivity contribution in [2.75, 3.05) is 13.2 Å². The second-order valence-corrected chi connectivity index (χ2v) is 7.30. The fourth-order valence-corrected chi connectivity index (χ4v) is 4.59. The zero-order chi connectivity index (χ0) is 15.0. The SMILES string of the molecule is CCCNC(CC1CCCC1)C1(OCC)CCCCCC1. The number of nitrogens with one attached hydrogen (secondary N) is 1. The lowest BCUT2D eigenvalue weighted by atomic mass is 9.80. The van der Waals surface area contributed by atoms with Crippen LogP contribution in [0.3, 0.4) is 0 Å². The third kappa shape index (κ3) is 4.96. The maximum Gasteiger partial charge on any atom is 0.0834 e. The molecule has 1 atom stereocenters. The first-order valence-corrected chi connectivity index (χ1v) is 9.68. The van der Waals surface area contributed by atoms with Crippen LogP contribution in [0.1, 0.15) is 90.9 Å². The average Bonchev–Trinajstić information content (AvgIpc) is 2.89. The van der Waals surface area contributed by atoms with Crippen LogP contribution in [-0.4, -0.2) is 24.8 Å². The number of hydrogen-bond acceptors (Lipinski definition) is 2. The van der Waals surface area contributed by atoms with Crippen molar-refractivity contribution in [2.24, 2.45) is 5.92 Å². The summed E-state index contributed by atoms with van der Waals surface area (Å²) < 4.78 is 6.46. The van der Waals surface area contributed by atoms with E-state index in [-0.39, 0.29) is 5.60 Å². The largest absolute Gasteiger partial charge is 0.374 e. The van der Waals surface area contributed by atoms with Crippen LogP contribution in [0.15, 0.2) is 0 Å². The molecule has 0 saturated heterocycles. The van der Waals surface area contributed by atoms with E-state index in [1.165, 1.54) is 77.0 Å². The van der Waals surface area contributed by atoms with E-state index in [0.717, 1.165) is 19.1 Å². The summed E-state index contributed by atoms with van der Waals surface area (Å²) in [4.78, 5) is 0. The Morgan fingerprint density at radius 2 is 1.67 bits per heavy atom. The molecule has 0 aromatic heterocycles. The summed E-state index contributed by atoms with van der Waals surface area (Å²) in [6.07, 6.45) is 16.4. The monoisotopic (exact) mass is 295 g/mol. The van der Waals surface area contributed by atoms with Crippen molar-refractivity contribution in [1.29, 1.82) is 0 Å². The van der Waals surface area contributed by atoms with Gasteiger partial charge in [0.2, 0.25) is 0 Å². The molecule has 0 bridgehead atoms. The first-order valence-electron chi connectivity index (χ1n) is 9.68. The highest BCUT2D eigenvalue weighted by atomic mass is 16.5. The summed E-state index contributed by atoms with van der Waals surface area (Å²) in [6.45, 7) is 6.47. The molecule has 0 aromatic carbocycles. The van der Waals surface area contributed by atoms with Gasteiger partial charge in [-0.2, -0.15) is 0 Å². The van der Waals surface area contributed by atoms with Crippen LogP contribution in [0, 0.1) is 5.92 Å². The van der Waals surface area contributed by atoms with Gasteiger partial charge in [-0.15, -0.1) is 0 Å². The summed E-state index contributed by atoms with van der Waals surface area (Å²) in [6, 6.07) is 0.582. The van der Waals surface area contributed by atoms with Crippen LogP contribution in [-0.2, 0) is 4.74 Å². The summed E-state index contributed by atoms with van der Waals surface area (Å²) in [5.41, 5.74) is 0.128. The van der Waals surface area contributed by atoms with Gasteiger partial charge in [-0.05, 0) is 45.1 Å². The average molecular weight is 296 g/mol. The molecular weight excluding hydrogens is 258 g/mol. The van der Waals surface area contributed by atoms with E-state index in [1.807, 2.05) is 0 Å². The fourth-order valence-electron chi connectivity index (χ4n) is 4.59. The fraction of sp³-hybridized carbons (Fsp3) is 1.00. The molecule has 124 valence electrons. The molecule has 2 fully saturated rings. The number of hydrogen-bond donors (Lipinski definition) is 1. The normalized spacial score (nSPS) is 24.9. The standard InChI is InChI=1S/C19H37NO/c1-3-15-20-18(16-17-11-7-8-12-17)19(21-4-2)13-9-5-6-10-14-19/h17-18,20H,3-16H2,1-2H3. The zero-order valence-electron chi connectivity index (χ0n) is 14.5. The van der Waals surface area contributed by atoms with Gasteiger partial charge in [-0.3, -0.25) is 0 Å². The van der Waals surface area contributed by atoms with Crippen molar-refractivity contribution in [3.8, 4) is 0 Å². The predicted molar refractivity (Wildman–Crippen MR) is 90.7 cm³/mol. The molecule has 2 rings (SSSR count). The molecule has 0 radical (unpaired) electrons. The van der Waals surface area contributed by atoms with Gasteiger partial charge in [-0.25, -0.2) is 0 Å². The maximum atomic E-state index is 6.46. The van der Waals surface area contributed by atoms with Crippen LogP contribution in [0.4, 0.5) is 0 Å². The quantitative estimate of drug-likeness (QED) is 0.632. The predicted octanol–water partition coefficient (Wildman–Crippen LogP) is 5.06. The van der Waals surface area contributed by atoms with E-state index in [2.05, 4.69) is 19.2 Å². The first-order chi connectivity index (χ1) is 10.3. The molecule has 1 N–H and O–H groups in total. The maximum absolute atomic E-state index is 6.46. The smallest absolute Gasteiger partial charge is 0.0834 e. The van der Waals surface area contributed by atoms with Crippen LogP contribution in [0.5, 0.6) is 0 Å². The van der Waals surface area contributed by atoms with Gasteiger partial charge in [-0.1, -0.05) is 58.3 Å². The molecule has 2 aliphatic rings. The molecule has 0 heterocycles. The first kappa shape index (κ1) is 17.3. The number of ether oxygens (including phenoxy) is 1. The molecular formula is C19H37NO. The molecule has 0 amide bonds. The highest BCUT2D eigenvalue weighted by Crippen LogP contribution is 2.38. The Labute approximate surface area is 132 Å². The Morgan fingerprint density at radius 1 is 1.00 bits per heavy atom. The molecule has 2 nitrogen and oxygen atoms in total. The second-order valence-electron chi connectivity index (χ2n) is 7.30. The third-order valence-electron chi connectivity index (χ3n) is 5.70. The van der Waals surface area contributed by atoms with Crippen LogP contribution in [0.2, 0.25) is 0 Å². The Balaban J connectivity index is 2.07. The van der Waals surface area contributed by atoms with Crippen molar-refractivity contribution in [3.63, 3.8) is 0 Å². The summed E-state index contributed by atoms with van der Waals surface area (Å²) in [5.74, 6) is 0.944. The van der Waals surface area contributed by atoms with Crippen molar-refractivity contribution in [1.82, 2.24) is 5.32 Å². The summed E-state index contributed by atoms with van der Waals surface area (Å²) in [7, 11) is 0. The Kier molecular flexibility index (Phi) is 7.53. The minimum absolute atomic E-state index is 0.128. The number of rotatable bonds is 8. The Bertz CT molecular complexity index is 265. The minimum Gasteiger partial charge on any atom is -0.374 e. The van der Waals surface area contributed by atoms with Crippen molar-refractivity contribution in [3.05, 3.63) is 0 Å². The molecule has 0 aromatic rings. The molecule has 2 aliphatic carbocycles. The molecule has 0 spiro atoms. The zero-order valence-corrected chi connectivity index (χ0v) is 14.5. The van der Waals surface area contributed by atoms with Gasteiger partial charge in [0.05, 0.1) is 5.60 Å². The Morgan fingerprint density at radius 3 is 2.24 bits per heavy atom. The van der Waals surface area contributed by atoms with E-state index in [4.69, 9.17) is 4.74 Å². The van der Waals surface area contributed by atoms with E-state index in [0.29, 0.717) is 6.04 Å². The van der Waals surface area contributed by atoms with Gasteiger partial charge in [0.15, 0.2) is 0 Å². The van der Waals surface area contributed by atoms with Gasteiger partial charge in [0.25, 0.3) is 0 Å². The van der Waals surface area contributed by atoms with Gasteiger partial charge in [0, 0.05) is 12.6 Å². The van der Waals surface area contributed by atoms with Gasteiger partial charge in [0.1, 0.15) is 0 Å². The van der Waals surface area contributed by atoms with Crippen molar-refractivity contribution >= 4 is 0 Å². The van der Waals surface area contributed by atoms with Crippen LogP contribution >= 0.6 is 0 Å². The molecule has 1 unspecified atom stereocenters. The Hall–Kier alpha value is -0.0800. The van der Waals surface area contributed by atoms with E-state index in [9.17, 15) is 0 Å². The second kappa shape index (κ2) is 9.15. The highest BCUT2D eigenvalue weighted by Gasteiger charge is 2.40. The lowest BCUT2D eigenvalue weighted by Crippen LogP contribution is -2.53. The minimum atomic E-state index is 0.128. The third-order valence-corrected chi connectivity index (χ3v) is 5.70. The highest BCUT2D eigenvalue weighted by molar-refractivity contribution is 4.96. The molecule has 21 heavy (non-hydrogen) atoms. The van der Waals surface area contributed by atoms with E-state index < -0.39 is 0 Å². The molecule has 2 saturated carbocycles. The van der Waals surface area contributed by atoms with Gasteiger partial charge < -0.3 is 10.1 Å².